The van der Waals surface area contributed by atoms with E-state index >= 15 is 0 Å². The molecular weight excluding hydrogens is 695 g/mol. The number of hydrogen-bond acceptors (Lipinski definition) is 2. The SMILES string of the molecule is c1ccc(-c2cc(-c3ccccc3)c3sc4c(N(c5ccc(-c6cccc7ccccc67)cc5)c5ccc6c(ccc7ccccc76)c5)cccc4c3c2)cc1. The van der Waals surface area contributed by atoms with Gasteiger partial charge in [-0.15, -0.1) is 11.3 Å². The molecule has 10 aromatic carbocycles. The van der Waals surface area contributed by atoms with Crippen LogP contribution in [-0.4, -0.2) is 0 Å². The average molecular weight is 730 g/mol. The maximum Gasteiger partial charge on any atom is 0.0640 e. The monoisotopic (exact) mass is 729 g/mol. The van der Waals surface area contributed by atoms with Gasteiger partial charge in [-0.05, 0) is 103 Å². The Labute approximate surface area is 330 Å². The first-order chi connectivity index (χ1) is 27.8. The summed E-state index contributed by atoms with van der Waals surface area (Å²) < 4.78 is 2.57. The number of rotatable bonds is 6. The van der Waals surface area contributed by atoms with E-state index in [0.29, 0.717) is 0 Å². The Kier molecular flexibility index (Phi) is 7.75. The van der Waals surface area contributed by atoms with Gasteiger partial charge in [0, 0.05) is 32.4 Å². The topological polar surface area (TPSA) is 3.24 Å². The largest absolute Gasteiger partial charge is 0.309 e. The molecular formula is C54H35NS. The fourth-order valence-electron chi connectivity index (χ4n) is 8.52. The van der Waals surface area contributed by atoms with E-state index in [-0.39, 0.29) is 0 Å². The fourth-order valence-corrected chi connectivity index (χ4v) is 9.85. The Hall–Kier alpha value is -7.00. The molecule has 1 heterocycles. The molecule has 0 N–H and O–H groups in total. The number of benzene rings is 10. The van der Waals surface area contributed by atoms with Crippen LogP contribution in [-0.2, 0) is 0 Å². The number of anilines is 3. The van der Waals surface area contributed by atoms with Crippen molar-refractivity contribution in [1.29, 1.82) is 0 Å². The molecule has 2 heteroatoms. The predicted octanol–water partition coefficient (Wildman–Crippen LogP) is 16.0. The van der Waals surface area contributed by atoms with Crippen LogP contribution in [0.4, 0.5) is 17.1 Å². The van der Waals surface area contributed by atoms with Crippen LogP contribution < -0.4 is 4.90 Å². The second-order valence-corrected chi connectivity index (χ2v) is 15.5. The summed E-state index contributed by atoms with van der Waals surface area (Å²) in [5.41, 5.74) is 10.8. The van der Waals surface area contributed by atoms with E-state index < -0.39 is 0 Å². The van der Waals surface area contributed by atoms with Gasteiger partial charge in [-0.1, -0.05) is 170 Å². The summed E-state index contributed by atoms with van der Waals surface area (Å²) in [6.45, 7) is 0. The molecule has 0 fully saturated rings. The van der Waals surface area contributed by atoms with E-state index in [0.717, 1.165) is 11.4 Å². The van der Waals surface area contributed by atoms with Crippen molar-refractivity contribution in [2.45, 2.75) is 0 Å². The molecule has 56 heavy (non-hydrogen) atoms. The molecule has 11 aromatic rings. The Morgan fingerprint density at radius 1 is 0.286 bits per heavy atom. The summed E-state index contributed by atoms with van der Waals surface area (Å²) in [5, 5.41) is 10.1. The minimum absolute atomic E-state index is 1.12. The predicted molar refractivity (Wildman–Crippen MR) is 243 cm³/mol. The lowest BCUT2D eigenvalue weighted by molar-refractivity contribution is 1.31. The minimum atomic E-state index is 1.12. The Morgan fingerprint density at radius 2 is 0.875 bits per heavy atom. The molecule has 11 rings (SSSR count). The van der Waals surface area contributed by atoms with Gasteiger partial charge >= 0.3 is 0 Å². The third kappa shape index (κ3) is 5.46. The number of fused-ring (bicyclic) bond motifs is 7. The van der Waals surface area contributed by atoms with Crippen LogP contribution in [0, 0.1) is 0 Å². The molecule has 0 saturated heterocycles. The molecule has 0 aliphatic heterocycles. The third-order valence-electron chi connectivity index (χ3n) is 11.2. The third-order valence-corrected chi connectivity index (χ3v) is 12.5. The van der Waals surface area contributed by atoms with Gasteiger partial charge in [0.25, 0.3) is 0 Å². The van der Waals surface area contributed by atoms with Crippen LogP contribution in [0.25, 0.3) is 85.9 Å². The Morgan fingerprint density at radius 3 is 1.68 bits per heavy atom. The highest BCUT2D eigenvalue weighted by Gasteiger charge is 2.21. The lowest BCUT2D eigenvalue weighted by atomic mass is 9.96. The van der Waals surface area contributed by atoms with Crippen molar-refractivity contribution < 1.29 is 0 Å². The van der Waals surface area contributed by atoms with Crippen LogP contribution in [0.3, 0.4) is 0 Å². The Bertz CT molecular complexity index is 3230. The van der Waals surface area contributed by atoms with E-state index in [1.807, 2.05) is 11.3 Å². The van der Waals surface area contributed by atoms with Gasteiger partial charge in [0.2, 0.25) is 0 Å². The van der Waals surface area contributed by atoms with Crippen molar-refractivity contribution in [2.75, 3.05) is 4.90 Å². The maximum absolute atomic E-state index is 2.46. The highest BCUT2D eigenvalue weighted by molar-refractivity contribution is 7.27. The zero-order chi connectivity index (χ0) is 37.0. The van der Waals surface area contributed by atoms with Crippen molar-refractivity contribution in [3.05, 3.63) is 212 Å². The number of hydrogen-bond donors (Lipinski definition) is 0. The summed E-state index contributed by atoms with van der Waals surface area (Å²) >= 11 is 1.90. The van der Waals surface area contributed by atoms with Gasteiger partial charge in [-0.25, -0.2) is 0 Å². The summed E-state index contributed by atoms with van der Waals surface area (Å²) in [6, 6.07) is 77.7. The van der Waals surface area contributed by atoms with Crippen molar-refractivity contribution >= 4 is 80.9 Å². The van der Waals surface area contributed by atoms with Crippen molar-refractivity contribution in [1.82, 2.24) is 0 Å². The van der Waals surface area contributed by atoms with Crippen molar-refractivity contribution in [3.63, 3.8) is 0 Å². The van der Waals surface area contributed by atoms with Crippen molar-refractivity contribution in [2.24, 2.45) is 0 Å². The minimum Gasteiger partial charge on any atom is -0.309 e. The number of nitrogens with zero attached hydrogens (tertiary/aromatic N) is 1. The van der Waals surface area contributed by atoms with Crippen LogP contribution in [0.1, 0.15) is 0 Å². The highest BCUT2D eigenvalue weighted by Crippen LogP contribution is 2.49. The summed E-state index contributed by atoms with van der Waals surface area (Å²) in [4.78, 5) is 2.46. The molecule has 1 nitrogen and oxygen atoms in total. The summed E-state index contributed by atoms with van der Waals surface area (Å²) in [5.74, 6) is 0. The molecule has 0 amide bonds. The molecule has 262 valence electrons. The highest BCUT2D eigenvalue weighted by atomic mass is 32.1. The van der Waals surface area contributed by atoms with Crippen LogP contribution in [0.5, 0.6) is 0 Å². The second-order valence-electron chi connectivity index (χ2n) is 14.5. The zero-order valence-corrected chi connectivity index (χ0v) is 31.4. The normalized spacial score (nSPS) is 11.6. The first-order valence-electron chi connectivity index (χ1n) is 19.2. The summed E-state index contributed by atoms with van der Waals surface area (Å²) in [7, 11) is 0. The quantitative estimate of drug-likeness (QED) is 0.154. The van der Waals surface area contributed by atoms with Gasteiger partial charge in [-0.3, -0.25) is 0 Å². The van der Waals surface area contributed by atoms with Gasteiger partial charge in [0.1, 0.15) is 0 Å². The average Bonchev–Trinajstić information content (AvgIpc) is 3.66. The summed E-state index contributed by atoms with van der Waals surface area (Å²) in [6.07, 6.45) is 0. The maximum atomic E-state index is 2.46. The molecule has 0 radical (unpaired) electrons. The lowest BCUT2D eigenvalue weighted by Gasteiger charge is -2.27. The fraction of sp³-hybridized carbons (Fsp3) is 0. The van der Waals surface area contributed by atoms with E-state index in [1.54, 1.807) is 0 Å². The molecule has 0 aliphatic rings. The molecule has 0 bridgehead atoms. The van der Waals surface area contributed by atoms with Gasteiger partial charge < -0.3 is 4.90 Å². The van der Waals surface area contributed by atoms with E-state index in [1.165, 1.54) is 91.6 Å². The standard InChI is InChI=1S/C54H35NS/c1-3-13-36(14-4-1)42-34-50(38-15-5-2-6-16-38)53-51(35-42)49-23-12-24-52(54(49)56-53)55(44-31-32-48-41(33-44)26-25-39-18-8-10-21-46(39)48)43-29-27-40(28-30-43)47-22-11-19-37-17-7-9-20-45(37)47/h1-35H. The first kappa shape index (κ1) is 32.4. The lowest BCUT2D eigenvalue weighted by Crippen LogP contribution is -2.10. The van der Waals surface area contributed by atoms with E-state index in [4.69, 9.17) is 0 Å². The molecule has 1 aromatic heterocycles. The Balaban J connectivity index is 1.14. The van der Waals surface area contributed by atoms with Crippen LogP contribution in [0.2, 0.25) is 0 Å². The van der Waals surface area contributed by atoms with Gasteiger partial charge in [-0.2, -0.15) is 0 Å². The first-order valence-corrected chi connectivity index (χ1v) is 20.0. The van der Waals surface area contributed by atoms with Crippen molar-refractivity contribution in [3.8, 4) is 33.4 Å². The molecule has 0 spiro atoms. The van der Waals surface area contributed by atoms with Gasteiger partial charge in [0.05, 0.1) is 10.4 Å². The smallest absolute Gasteiger partial charge is 0.0640 e. The van der Waals surface area contributed by atoms with Crippen LogP contribution in [0.15, 0.2) is 212 Å². The van der Waals surface area contributed by atoms with E-state index in [2.05, 4.69) is 217 Å². The molecule has 0 atom stereocenters. The molecule has 0 unspecified atom stereocenters. The number of thiophene rings is 1. The molecule has 0 aliphatic carbocycles. The molecule has 0 saturated carbocycles. The van der Waals surface area contributed by atoms with Crippen LogP contribution >= 0.6 is 11.3 Å². The second kappa shape index (κ2) is 13.4. The van der Waals surface area contributed by atoms with Gasteiger partial charge in [0.15, 0.2) is 0 Å². The van der Waals surface area contributed by atoms with E-state index in [9.17, 15) is 0 Å². The zero-order valence-electron chi connectivity index (χ0n) is 30.6.